The number of amides is 1. The average molecular weight is 369 g/mol. The monoisotopic (exact) mass is 369 g/mol. The van der Waals surface area contributed by atoms with Gasteiger partial charge in [-0.05, 0) is 36.1 Å². The summed E-state index contributed by atoms with van der Waals surface area (Å²) in [7, 11) is 0. The third-order valence-corrected chi connectivity index (χ3v) is 5.27. The molecule has 1 aromatic heterocycles. The first-order chi connectivity index (χ1) is 12.6. The van der Waals surface area contributed by atoms with Crippen LogP contribution in [0.5, 0.6) is 11.5 Å². The van der Waals surface area contributed by atoms with Gasteiger partial charge in [-0.1, -0.05) is 18.2 Å². The van der Waals surface area contributed by atoms with Crippen LogP contribution in [-0.2, 0) is 9.53 Å². The predicted octanol–water partition coefficient (Wildman–Crippen LogP) is 3.73. The number of carbonyl (C=O) groups excluding carboxylic acids is 2. The lowest BCUT2D eigenvalue weighted by molar-refractivity contribution is -0.119. The highest BCUT2D eigenvalue weighted by atomic mass is 32.1. The van der Waals surface area contributed by atoms with Crippen molar-refractivity contribution in [3.63, 3.8) is 0 Å². The van der Waals surface area contributed by atoms with E-state index in [2.05, 4.69) is 5.32 Å². The summed E-state index contributed by atoms with van der Waals surface area (Å²) in [6.45, 7) is 1.68. The summed E-state index contributed by atoms with van der Waals surface area (Å²) in [5.74, 6) is 0.288. The Labute approximate surface area is 153 Å². The van der Waals surface area contributed by atoms with Crippen LogP contribution in [0.1, 0.15) is 15.2 Å². The highest BCUT2D eigenvalue weighted by Gasteiger charge is 2.18. The van der Waals surface area contributed by atoms with Crippen molar-refractivity contribution in [1.29, 1.82) is 0 Å². The molecule has 0 unspecified atom stereocenters. The maximum absolute atomic E-state index is 12.3. The fourth-order valence-corrected chi connectivity index (χ4v) is 3.84. The van der Waals surface area contributed by atoms with E-state index in [1.165, 1.54) is 11.3 Å². The van der Waals surface area contributed by atoms with Gasteiger partial charge in [-0.2, -0.15) is 0 Å². The second kappa shape index (κ2) is 6.68. The molecular formula is C19H15NO5S. The first-order valence-corrected chi connectivity index (χ1v) is 8.78. The number of hydrogen-bond acceptors (Lipinski definition) is 6. The second-order valence-corrected chi connectivity index (χ2v) is 6.80. The minimum atomic E-state index is -0.496. The van der Waals surface area contributed by atoms with Crippen molar-refractivity contribution in [1.82, 2.24) is 0 Å². The summed E-state index contributed by atoms with van der Waals surface area (Å²) in [6.07, 6.45) is 0. The van der Waals surface area contributed by atoms with Crippen LogP contribution in [0.25, 0.3) is 10.1 Å². The number of nitrogens with one attached hydrogen (secondary N) is 1. The minimum absolute atomic E-state index is 0.166. The fraction of sp³-hybridized carbons (Fsp3) is 0.158. The molecule has 1 N–H and O–H groups in total. The SMILES string of the molecule is Cc1c(C(=O)OCC(=O)Nc2ccc3c(c2)OCO3)sc2ccccc12. The Kier molecular flexibility index (Phi) is 4.22. The number of hydrogen-bond donors (Lipinski definition) is 1. The summed E-state index contributed by atoms with van der Waals surface area (Å²) in [4.78, 5) is 24.9. The van der Waals surface area contributed by atoms with E-state index in [9.17, 15) is 9.59 Å². The Balaban J connectivity index is 1.39. The molecule has 132 valence electrons. The molecule has 0 fully saturated rings. The second-order valence-electron chi connectivity index (χ2n) is 5.74. The molecular weight excluding hydrogens is 354 g/mol. The van der Waals surface area contributed by atoms with Crippen LogP contribution in [0.15, 0.2) is 42.5 Å². The molecule has 7 heteroatoms. The third kappa shape index (κ3) is 3.09. The number of anilines is 1. The minimum Gasteiger partial charge on any atom is -0.454 e. The van der Waals surface area contributed by atoms with Crippen molar-refractivity contribution < 1.29 is 23.8 Å². The first-order valence-electron chi connectivity index (χ1n) is 7.96. The largest absolute Gasteiger partial charge is 0.454 e. The molecule has 1 aliphatic heterocycles. The molecule has 4 rings (SSSR count). The highest BCUT2D eigenvalue weighted by molar-refractivity contribution is 7.21. The van der Waals surface area contributed by atoms with Crippen LogP contribution in [0.3, 0.4) is 0 Å². The van der Waals surface area contributed by atoms with Gasteiger partial charge in [0.15, 0.2) is 18.1 Å². The van der Waals surface area contributed by atoms with E-state index in [0.29, 0.717) is 22.1 Å². The lowest BCUT2D eigenvalue weighted by Gasteiger charge is -2.07. The van der Waals surface area contributed by atoms with Gasteiger partial charge in [-0.25, -0.2) is 4.79 Å². The van der Waals surface area contributed by atoms with Crippen LogP contribution in [-0.4, -0.2) is 25.3 Å². The molecule has 2 heterocycles. The summed E-state index contributed by atoms with van der Waals surface area (Å²) in [6, 6.07) is 12.8. The average Bonchev–Trinajstić information content (AvgIpc) is 3.24. The van der Waals surface area contributed by atoms with Crippen LogP contribution in [0, 0.1) is 6.92 Å². The molecule has 0 bridgehead atoms. The fourth-order valence-electron chi connectivity index (χ4n) is 2.74. The van der Waals surface area contributed by atoms with E-state index < -0.39 is 11.9 Å². The van der Waals surface area contributed by atoms with Crippen molar-refractivity contribution in [3.05, 3.63) is 52.9 Å². The Morgan fingerprint density at radius 1 is 1.15 bits per heavy atom. The number of fused-ring (bicyclic) bond motifs is 2. The highest BCUT2D eigenvalue weighted by Crippen LogP contribution is 2.34. The topological polar surface area (TPSA) is 73.9 Å². The maximum Gasteiger partial charge on any atom is 0.349 e. The van der Waals surface area contributed by atoms with E-state index >= 15 is 0 Å². The molecule has 26 heavy (non-hydrogen) atoms. The van der Waals surface area contributed by atoms with E-state index in [1.54, 1.807) is 18.2 Å². The zero-order valence-electron chi connectivity index (χ0n) is 13.9. The summed E-state index contributed by atoms with van der Waals surface area (Å²) in [5.41, 5.74) is 1.42. The molecule has 0 radical (unpaired) electrons. The Bertz CT molecular complexity index is 1010. The number of esters is 1. The van der Waals surface area contributed by atoms with Crippen LogP contribution in [0.4, 0.5) is 5.69 Å². The smallest absolute Gasteiger partial charge is 0.349 e. The molecule has 0 aliphatic carbocycles. The van der Waals surface area contributed by atoms with E-state index in [4.69, 9.17) is 14.2 Å². The van der Waals surface area contributed by atoms with Gasteiger partial charge < -0.3 is 19.5 Å². The lowest BCUT2D eigenvalue weighted by atomic mass is 10.1. The van der Waals surface area contributed by atoms with Gasteiger partial charge in [-0.15, -0.1) is 11.3 Å². The zero-order valence-corrected chi connectivity index (χ0v) is 14.7. The van der Waals surface area contributed by atoms with Gasteiger partial charge in [0.2, 0.25) is 6.79 Å². The van der Waals surface area contributed by atoms with Gasteiger partial charge in [0.05, 0.1) is 0 Å². The van der Waals surface area contributed by atoms with Gasteiger partial charge in [0.1, 0.15) is 4.88 Å². The predicted molar refractivity (Wildman–Crippen MR) is 98.0 cm³/mol. The molecule has 1 aliphatic rings. The summed E-state index contributed by atoms with van der Waals surface area (Å²) in [5, 5.41) is 3.69. The molecule has 0 saturated carbocycles. The van der Waals surface area contributed by atoms with Crippen molar-refractivity contribution in [2.45, 2.75) is 6.92 Å². The number of rotatable bonds is 4. The normalized spacial score (nSPS) is 12.2. The number of benzene rings is 2. The van der Waals surface area contributed by atoms with Gasteiger partial charge in [0.25, 0.3) is 5.91 Å². The molecule has 2 aromatic carbocycles. The summed E-state index contributed by atoms with van der Waals surface area (Å²) >= 11 is 1.36. The summed E-state index contributed by atoms with van der Waals surface area (Å²) < 4.78 is 16.7. The Morgan fingerprint density at radius 3 is 2.81 bits per heavy atom. The van der Waals surface area contributed by atoms with Gasteiger partial charge in [0, 0.05) is 16.5 Å². The van der Waals surface area contributed by atoms with Crippen molar-refractivity contribution in [2.24, 2.45) is 0 Å². The number of ether oxygens (including phenoxy) is 3. The molecule has 1 amide bonds. The zero-order chi connectivity index (χ0) is 18.1. The standard InChI is InChI=1S/C19H15NO5S/c1-11-13-4-2-3-5-16(13)26-18(11)19(22)23-9-17(21)20-12-6-7-14-15(8-12)25-10-24-14/h2-8H,9-10H2,1H3,(H,20,21). The number of aryl methyl sites for hydroxylation is 1. The van der Waals surface area contributed by atoms with Crippen molar-refractivity contribution >= 4 is 39.0 Å². The van der Waals surface area contributed by atoms with E-state index in [0.717, 1.165) is 15.6 Å². The first kappa shape index (κ1) is 16.4. The quantitative estimate of drug-likeness (QED) is 0.709. The van der Waals surface area contributed by atoms with Gasteiger partial charge >= 0.3 is 5.97 Å². The van der Waals surface area contributed by atoms with Crippen molar-refractivity contribution in [3.8, 4) is 11.5 Å². The lowest BCUT2D eigenvalue weighted by Crippen LogP contribution is -2.20. The Hall–Kier alpha value is -3.06. The van der Waals surface area contributed by atoms with Gasteiger partial charge in [-0.3, -0.25) is 4.79 Å². The number of thiophene rings is 1. The number of carbonyl (C=O) groups is 2. The van der Waals surface area contributed by atoms with Crippen LogP contribution >= 0.6 is 11.3 Å². The maximum atomic E-state index is 12.3. The third-order valence-electron chi connectivity index (χ3n) is 4.02. The molecule has 0 saturated heterocycles. The molecule has 3 aromatic rings. The molecule has 0 atom stereocenters. The van der Waals surface area contributed by atoms with E-state index in [1.807, 2.05) is 31.2 Å². The van der Waals surface area contributed by atoms with Crippen LogP contribution in [0.2, 0.25) is 0 Å². The Morgan fingerprint density at radius 2 is 1.96 bits per heavy atom. The molecule has 6 nitrogen and oxygen atoms in total. The molecule has 0 spiro atoms. The van der Waals surface area contributed by atoms with Crippen LogP contribution < -0.4 is 14.8 Å². The van der Waals surface area contributed by atoms with Crippen molar-refractivity contribution in [2.75, 3.05) is 18.7 Å². The van der Waals surface area contributed by atoms with E-state index in [-0.39, 0.29) is 13.4 Å².